The minimum absolute atomic E-state index is 0.778. The van der Waals surface area contributed by atoms with Crippen molar-refractivity contribution in [2.24, 2.45) is 0 Å². The molecule has 1 aliphatic heterocycles. The SMILES string of the molecule is C1CCCCCCCOOCCCCCCC1. The van der Waals surface area contributed by atoms with Gasteiger partial charge in [-0.1, -0.05) is 70.6 Å². The molecule has 102 valence electrons. The summed E-state index contributed by atoms with van der Waals surface area (Å²) >= 11 is 0. The molecule has 0 aromatic rings. The van der Waals surface area contributed by atoms with Gasteiger partial charge < -0.3 is 0 Å². The highest BCUT2D eigenvalue weighted by atomic mass is 17.2. The van der Waals surface area contributed by atoms with Crippen molar-refractivity contribution in [1.82, 2.24) is 0 Å². The van der Waals surface area contributed by atoms with Crippen LogP contribution in [-0.2, 0) is 9.78 Å². The summed E-state index contributed by atoms with van der Waals surface area (Å²) in [5.74, 6) is 0. The van der Waals surface area contributed by atoms with Crippen LogP contribution in [0.15, 0.2) is 0 Å². The summed E-state index contributed by atoms with van der Waals surface area (Å²) in [6, 6.07) is 0. The van der Waals surface area contributed by atoms with Gasteiger partial charge in [0.15, 0.2) is 0 Å². The lowest BCUT2D eigenvalue weighted by molar-refractivity contribution is -0.295. The summed E-state index contributed by atoms with van der Waals surface area (Å²) in [5, 5.41) is 0. The van der Waals surface area contributed by atoms with Crippen molar-refractivity contribution in [2.45, 2.75) is 83.5 Å². The molecule has 1 heterocycles. The molecule has 0 unspecified atom stereocenters. The third-order valence-electron chi connectivity index (χ3n) is 3.54. The highest BCUT2D eigenvalue weighted by Gasteiger charge is 1.96. The first-order valence-electron chi connectivity index (χ1n) is 7.74. The van der Waals surface area contributed by atoms with E-state index in [-0.39, 0.29) is 0 Å². The second kappa shape index (κ2) is 12.4. The van der Waals surface area contributed by atoms with Crippen LogP contribution in [0.1, 0.15) is 83.5 Å². The maximum Gasteiger partial charge on any atom is 0.0822 e. The number of hydrogen-bond acceptors (Lipinski definition) is 2. The van der Waals surface area contributed by atoms with Gasteiger partial charge in [0, 0.05) is 0 Å². The first kappa shape index (κ1) is 15.0. The highest BCUT2D eigenvalue weighted by Crippen LogP contribution is 2.13. The lowest BCUT2D eigenvalue weighted by atomic mass is 10.0. The van der Waals surface area contributed by atoms with Crippen LogP contribution in [0, 0.1) is 0 Å². The van der Waals surface area contributed by atoms with Gasteiger partial charge in [-0.15, -0.1) is 0 Å². The molecule has 2 nitrogen and oxygen atoms in total. The third-order valence-corrected chi connectivity index (χ3v) is 3.54. The zero-order valence-corrected chi connectivity index (χ0v) is 11.4. The molecule has 0 aromatic heterocycles. The van der Waals surface area contributed by atoms with Crippen LogP contribution in [0.5, 0.6) is 0 Å². The Kier molecular flexibility index (Phi) is 10.9. The van der Waals surface area contributed by atoms with E-state index in [1.54, 1.807) is 0 Å². The van der Waals surface area contributed by atoms with Crippen molar-refractivity contribution >= 4 is 0 Å². The van der Waals surface area contributed by atoms with Gasteiger partial charge in [-0.25, -0.2) is 9.78 Å². The summed E-state index contributed by atoms with van der Waals surface area (Å²) < 4.78 is 0. The van der Waals surface area contributed by atoms with Gasteiger partial charge >= 0.3 is 0 Å². The normalized spacial score (nSPS) is 24.0. The fourth-order valence-electron chi connectivity index (χ4n) is 2.38. The van der Waals surface area contributed by atoms with Gasteiger partial charge in [-0.2, -0.15) is 0 Å². The van der Waals surface area contributed by atoms with Crippen LogP contribution >= 0.6 is 0 Å². The van der Waals surface area contributed by atoms with Crippen LogP contribution < -0.4 is 0 Å². The Bertz CT molecular complexity index is 78.4. The average molecular weight is 242 g/mol. The summed E-state index contributed by atoms with van der Waals surface area (Å²) in [4.78, 5) is 10.3. The van der Waals surface area contributed by atoms with Gasteiger partial charge in [0.2, 0.25) is 0 Å². The van der Waals surface area contributed by atoms with Crippen LogP contribution in [0.25, 0.3) is 0 Å². The second-order valence-corrected chi connectivity index (χ2v) is 5.24. The predicted octanol–water partition coefficient (Wildman–Crippen LogP) is 5.02. The van der Waals surface area contributed by atoms with Gasteiger partial charge in [0.05, 0.1) is 13.2 Å². The maximum absolute atomic E-state index is 5.16. The van der Waals surface area contributed by atoms with E-state index in [1.807, 2.05) is 0 Å². The Morgan fingerprint density at radius 1 is 0.294 bits per heavy atom. The van der Waals surface area contributed by atoms with E-state index >= 15 is 0 Å². The quantitative estimate of drug-likeness (QED) is 0.555. The topological polar surface area (TPSA) is 18.5 Å². The molecule has 0 atom stereocenters. The van der Waals surface area contributed by atoms with Gasteiger partial charge in [0.25, 0.3) is 0 Å². The van der Waals surface area contributed by atoms with Crippen LogP contribution in [0.4, 0.5) is 0 Å². The Morgan fingerprint density at radius 2 is 0.529 bits per heavy atom. The van der Waals surface area contributed by atoms with E-state index in [0.29, 0.717) is 0 Å². The molecule has 0 amide bonds. The Balaban J connectivity index is 2.01. The van der Waals surface area contributed by atoms with Gasteiger partial charge in [0.1, 0.15) is 0 Å². The van der Waals surface area contributed by atoms with Gasteiger partial charge in [-0.3, -0.25) is 0 Å². The van der Waals surface area contributed by atoms with Crippen molar-refractivity contribution < 1.29 is 9.78 Å². The van der Waals surface area contributed by atoms with Crippen molar-refractivity contribution in [3.63, 3.8) is 0 Å². The van der Waals surface area contributed by atoms with E-state index in [2.05, 4.69) is 0 Å². The average Bonchev–Trinajstić information content (AvgIpc) is 2.35. The number of rotatable bonds is 0. The van der Waals surface area contributed by atoms with Crippen LogP contribution in [-0.4, -0.2) is 13.2 Å². The van der Waals surface area contributed by atoms with E-state index in [0.717, 1.165) is 26.1 Å². The summed E-state index contributed by atoms with van der Waals surface area (Å²) in [6.45, 7) is 1.56. The molecule has 1 rings (SSSR count). The lowest BCUT2D eigenvalue weighted by Crippen LogP contribution is -1.99. The number of hydrogen-bond donors (Lipinski definition) is 0. The standard InChI is InChI=1S/C15H30O2/c1-2-4-6-8-10-12-14-16-17-15-13-11-9-7-5-3-1/h1-15H2. The molecular formula is C15H30O2. The molecule has 0 radical (unpaired) electrons. The first-order valence-corrected chi connectivity index (χ1v) is 7.74. The second-order valence-electron chi connectivity index (χ2n) is 5.24. The largest absolute Gasteiger partial charge is 0.237 e. The highest BCUT2D eigenvalue weighted by molar-refractivity contribution is 4.49. The van der Waals surface area contributed by atoms with E-state index in [1.165, 1.54) is 70.6 Å². The summed E-state index contributed by atoms with van der Waals surface area (Å²) in [7, 11) is 0. The minimum Gasteiger partial charge on any atom is -0.237 e. The molecule has 0 saturated carbocycles. The van der Waals surface area contributed by atoms with Crippen LogP contribution in [0.2, 0.25) is 0 Å². The summed E-state index contributed by atoms with van der Waals surface area (Å²) in [5.41, 5.74) is 0. The third kappa shape index (κ3) is 10.8. The maximum atomic E-state index is 5.16. The molecule has 0 aliphatic carbocycles. The van der Waals surface area contributed by atoms with E-state index < -0.39 is 0 Å². The van der Waals surface area contributed by atoms with Crippen molar-refractivity contribution in [2.75, 3.05) is 13.2 Å². The molecule has 0 bridgehead atoms. The van der Waals surface area contributed by atoms with Gasteiger partial charge in [-0.05, 0) is 12.8 Å². The van der Waals surface area contributed by atoms with E-state index in [4.69, 9.17) is 9.78 Å². The molecule has 1 aliphatic rings. The predicted molar refractivity (Wildman–Crippen MR) is 71.9 cm³/mol. The van der Waals surface area contributed by atoms with Crippen LogP contribution in [0.3, 0.4) is 0 Å². The molecule has 0 spiro atoms. The Morgan fingerprint density at radius 3 is 0.824 bits per heavy atom. The molecule has 1 fully saturated rings. The Hall–Kier alpha value is -0.0800. The monoisotopic (exact) mass is 242 g/mol. The smallest absolute Gasteiger partial charge is 0.0822 e. The fraction of sp³-hybridized carbons (Fsp3) is 1.00. The molecule has 1 saturated heterocycles. The molecule has 2 heteroatoms. The molecule has 0 N–H and O–H groups in total. The lowest BCUT2D eigenvalue weighted by Gasteiger charge is -2.04. The fourth-order valence-corrected chi connectivity index (χ4v) is 2.38. The van der Waals surface area contributed by atoms with Crippen molar-refractivity contribution in [1.29, 1.82) is 0 Å². The molecular weight excluding hydrogens is 212 g/mol. The Labute approximate surface area is 107 Å². The first-order chi connectivity index (χ1) is 8.50. The van der Waals surface area contributed by atoms with Crippen molar-refractivity contribution in [3.8, 4) is 0 Å². The zero-order valence-electron chi connectivity index (χ0n) is 11.4. The summed E-state index contributed by atoms with van der Waals surface area (Å²) in [6.07, 6.45) is 17.6. The van der Waals surface area contributed by atoms with Crippen molar-refractivity contribution in [3.05, 3.63) is 0 Å². The zero-order chi connectivity index (χ0) is 12.0. The minimum atomic E-state index is 0.778. The molecule has 17 heavy (non-hydrogen) atoms. The van der Waals surface area contributed by atoms with E-state index in [9.17, 15) is 0 Å². The molecule has 0 aromatic carbocycles.